The summed E-state index contributed by atoms with van der Waals surface area (Å²) in [7, 11) is -2.87. The maximum Gasteiger partial charge on any atom is 0.692 e. The number of ketones is 1. The number of carbonyl (C=O) groups excluding carboxylic acids is 1. The van der Waals surface area contributed by atoms with Crippen molar-refractivity contribution in [2.75, 3.05) is 0 Å². The van der Waals surface area contributed by atoms with Crippen molar-refractivity contribution in [2.24, 2.45) is 0 Å². The van der Waals surface area contributed by atoms with Gasteiger partial charge in [0.2, 0.25) is 0 Å². The van der Waals surface area contributed by atoms with Crippen molar-refractivity contribution in [3.05, 3.63) is 11.6 Å². The Kier molecular flexibility index (Phi) is 10.9. The van der Waals surface area contributed by atoms with Gasteiger partial charge in [-0.2, -0.15) is 0 Å². The number of rotatable bonds is 3. The quantitative estimate of drug-likeness (QED) is 0.547. The summed E-state index contributed by atoms with van der Waals surface area (Å²) in [4.78, 5) is 24.6. The molecule has 0 aromatic rings. The average Bonchev–Trinajstić information content (AvgIpc) is 1.83. The highest BCUT2D eigenvalue weighted by Gasteiger charge is 1.93. The van der Waals surface area contributed by atoms with E-state index in [1.807, 2.05) is 13.8 Å². The van der Waals surface area contributed by atoms with Gasteiger partial charge in [-0.3, -0.25) is 0 Å². The molecule has 0 aromatic carbocycles. The molecule has 0 aliphatic rings. The highest BCUT2D eigenvalue weighted by molar-refractivity contribution is 7.30. The van der Waals surface area contributed by atoms with E-state index in [9.17, 15) is 4.79 Å². The van der Waals surface area contributed by atoms with Crippen LogP contribution < -0.4 is 0 Å². The molecule has 0 fully saturated rings. The predicted molar refractivity (Wildman–Crippen MR) is 51.4 cm³/mol. The molecule has 4 nitrogen and oxygen atoms in total. The monoisotopic (exact) mass is 207 g/mol. The SMILES string of the molecule is CC(=O)CCC=C(C)C.O=[P+](O)O. The molecule has 76 valence electrons. The highest BCUT2D eigenvalue weighted by atomic mass is 31.1. The lowest BCUT2D eigenvalue weighted by atomic mass is 10.2. The number of allylic oxidation sites excluding steroid dienone is 2. The van der Waals surface area contributed by atoms with Crippen molar-refractivity contribution in [2.45, 2.75) is 33.6 Å². The van der Waals surface area contributed by atoms with Crippen LogP contribution in [0.1, 0.15) is 33.6 Å². The molecular weight excluding hydrogens is 191 g/mol. The number of carbonyl (C=O) groups is 1. The molecular formula is C8H16O4P+. The van der Waals surface area contributed by atoms with E-state index in [-0.39, 0.29) is 5.78 Å². The van der Waals surface area contributed by atoms with Gasteiger partial charge in [0.15, 0.2) is 0 Å². The van der Waals surface area contributed by atoms with Gasteiger partial charge >= 0.3 is 8.25 Å². The summed E-state index contributed by atoms with van der Waals surface area (Å²) in [5, 5.41) is 0. The molecule has 0 spiro atoms. The molecule has 0 amide bonds. The van der Waals surface area contributed by atoms with Gasteiger partial charge in [-0.05, 0) is 27.2 Å². The van der Waals surface area contributed by atoms with Crippen LogP contribution in [0.25, 0.3) is 0 Å². The number of Topliss-reactive ketones (excluding diaryl/α,β-unsaturated/α-hetero) is 1. The molecule has 13 heavy (non-hydrogen) atoms. The lowest BCUT2D eigenvalue weighted by molar-refractivity contribution is -0.116. The minimum Gasteiger partial charge on any atom is -0.300 e. The fourth-order valence-corrected chi connectivity index (χ4v) is 0.564. The van der Waals surface area contributed by atoms with Gasteiger partial charge in [0.25, 0.3) is 0 Å². The molecule has 0 unspecified atom stereocenters. The number of hydrogen-bond donors (Lipinski definition) is 2. The summed E-state index contributed by atoms with van der Waals surface area (Å²) >= 11 is 0. The maximum absolute atomic E-state index is 10.4. The first-order chi connectivity index (χ1) is 5.86. The van der Waals surface area contributed by atoms with Gasteiger partial charge < -0.3 is 4.79 Å². The van der Waals surface area contributed by atoms with Gasteiger partial charge in [-0.15, -0.1) is 9.79 Å². The van der Waals surface area contributed by atoms with Crippen LogP contribution in [-0.4, -0.2) is 15.6 Å². The first-order valence-electron chi connectivity index (χ1n) is 3.84. The molecule has 0 saturated carbocycles. The van der Waals surface area contributed by atoms with E-state index >= 15 is 0 Å². The molecule has 0 radical (unpaired) electrons. The normalized spacial score (nSPS) is 8.08. The minimum absolute atomic E-state index is 0.271. The van der Waals surface area contributed by atoms with Crippen molar-refractivity contribution in [1.82, 2.24) is 0 Å². The average molecular weight is 207 g/mol. The van der Waals surface area contributed by atoms with E-state index < -0.39 is 8.25 Å². The van der Waals surface area contributed by atoms with Gasteiger partial charge in [-0.1, -0.05) is 11.6 Å². The van der Waals surface area contributed by atoms with Gasteiger partial charge in [0, 0.05) is 11.0 Å². The zero-order valence-electron chi connectivity index (χ0n) is 8.15. The van der Waals surface area contributed by atoms with Gasteiger partial charge in [0.05, 0.1) is 0 Å². The highest BCUT2D eigenvalue weighted by Crippen LogP contribution is 1.98. The molecule has 0 saturated heterocycles. The Bertz CT molecular complexity index is 190. The number of hydrogen-bond acceptors (Lipinski definition) is 2. The molecule has 2 N–H and O–H groups in total. The summed E-state index contributed by atoms with van der Waals surface area (Å²) in [5.74, 6) is 0.271. The van der Waals surface area contributed by atoms with Crippen molar-refractivity contribution < 1.29 is 19.1 Å². The Morgan fingerprint density at radius 1 is 1.31 bits per heavy atom. The Hall–Kier alpha value is -0.570. The molecule has 0 aliphatic carbocycles. The Balaban J connectivity index is 0. The Morgan fingerprint density at radius 3 is 1.92 bits per heavy atom. The summed E-state index contributed by atoms with van der Waals surface area (Å²) in [6.07, 6.45) is 3.67. The lowest BCUT2D eigenvalue weighted by Crippen LogP contribution is -1.86. The largest absolute Gasteiger partial charge is 0.692 e. The molecule has 0 bridgehead atoms. The third-order valence-electron chi connectivity index (χ3n) is 1.05. The Morgan fingerprint density at radius 2 is 1.69 bits per heavy atom. The predicted octanol–water partition coefficient (Wildman–Crippen LogP) is 1.95. The minimum atomic E-state index is -2.87. The molecule has 0 aliphatic heterocycles. The van der Waals surface area contributed by atoms with Crippen LogP contribution in [0.5, 0.6) is 0 Å². The molecule has 0 rings (SSSR count). The second-order valence-corrected chi connectivity index (χ2v) is 3.28. The standard InChI is InChI=1S/C8H14O.HO3P/c1-7(2)5-4-6-8(3)9;1-4(2)3/h5H,4,6H2,1-3H3;(H-,1,2,3)/p+1. The Labute approximate surface area is 79.2 Å². The van der Waals surface area contributed by atoms with Crippen LogP contribution >= 0.6 is 8.25 Å². The zero-order chi connectivity index (χ0) is 10.9. The van der Waals surface area contributed by atoms with Crippen LogP contribution in [0, 0.1) is 0 Å². The van der Waals surface area contributed by atoms with E-state index in [4.69, 9.17) is 14.4 Å². The second-order valence-electron chi connectivity index (χ2n) is 2.77. The van der Waals surface area contributed by atoms with Crippen molar-refractivity contribution in [1.29, 1.82) is 0 Å². The van der Waals surface area contributed by atoms with E-state index in [1.54, 1.807) is 6.92 Å². The van der Waals surface area contributed by atoms with Crippen LogP contribution in [-0.2, 0) is 9.36 Å². The first-order valence-corrected chi connectivity index (χ1v) is 5.00. The fraction of sp³-hybridized carbons (Fsp3) is 0.625. The van der Waals surface area contributed by atoms with Crippen molar-refractivity contribution >= 4 is 14.0 Å². The summed E-state index contributed by atoms with van der Waals surface area (Å²) in [6, 6.07) is 0. The molecule has 0 aromatic heterocycles. The van der Waals surface area contributed by atoms with Crippen LogP contribution in [0.15, 0.2) is 11.6 Å². The summed E-state index contributed by atoms with van der Waals surface area (Å²) in [6.45, 7) is 5.71. The fourth-order valence-electron chi connectivity index (χ4n) is 0.564. The lowest BCUT2D eigenvalue weighted by Gasteiger charge is -1.89. The molecule has 0 atom stereocenters. The molecule has 5 heteroatoms. The van der Waals surface area contributed by atoms with E-state index in [2.05, 4.69) is 6.08 Å². The second kappa shape index (κ2) is 9.52. The van der Waals surface area contributed by atoms with Crippen LogP contribution in [0.3, 0.4) is 0 Å². The molecule has 0 heterocycles. The maximum atomic E-state index is 10.4. The van der Waals surface area contributed by atoms with E-state index in [0.717, 1.165) is 6.42 Å². The van der Waals surface area contributed by atoms with Crippen LogP contribution in [0.2, 0.25) is 0 Å². The topological polar surface area (TPSA) is 74.6 Å². The third-order valence-corrected chi connectivity index (χ3v) is 1.05. The van der Waals surface area contributed by atoms with E-state index in [1.165, 1.54) is 5.57 Å². The van der Waals surface area contributed by atoms with Gasteiger partial charge in [0.1, 0.15) is 5.78 Å². The van der Waals surface area contributed by atoms with Crippen molar-refractivity contribution in [3.8, 4) is 0 Å². The third kappa shape index (κ3) is 34.5. The van der Waals surface area contributed by atoms with Crippen LogP contribution in [0.4, 0.5) is 0 Å². The van der Waals surface area contributed by atoms with Gasteiger partial charge in [-0.25, -0.2) is 0 Å². The smallest absolute Gasteiger partial charge is 0.300 e. The van der Waals surface area contributed by atoms with Crippen molar-refractivity contribution in [3.63, 3.8) is 0 Å². The van der Waals surface area contributed by atoms with E-state index in [0.29, 0.717) is 6.42 Å². The summed E-state index contributed by atoms with van der Waals surface area (Å²) < 4.78 is 8.70. The zero-order valence-corrected chi connectivity index (χ0v) is 9.04. The summed E-state index contributed by atoms with van der Waals surface area (Å²) in [5.41, 5.74) is 1.29. The first kappa shape index (κ1) is 14.9.